The van der Waals surface area contributed by atoms with E-state index >= 15 is 0 Å². The molecule has 0 saturated heterocycles. The van der Waals surface area contributed by atoms with Gasteiger partial charge >= 0.3 is 0 Å². The Kier molecular flexibility index (Phi) is 3.99. The summed E-state index contributed by atoms with van der Waals surface area (Å²) in [6, 6.07) is 14.6. The van der Waals surface area contributed by atoms with Gasteiger partial charge in [-0.3, -0.25) is 4.99 Å². The van der Waals surface area contributed by atoms with Gasteiger partial charge in [0.05, 0.1) is 23.8 Å². The monoisotopic (exact) mass is 316 g/mol. The van der Waals surface area contributed by atoms with Crippen molar-refractivity contribution in [3.63, 3.8) is 0 Å². The van der Waals surface area contributed by atoms with E-state index in [4.69, 9.17) is 23.2 Å². The zero-order valence-corrected chi connectivity index (χ0v) is 12.3. The minimum atomic E-state index is 0.667. The Morgan fingerprint density at radius 1 is 0.905 bits per heavy atom. The van der Waals surface area contributed by atoms with Crippen molar-refractivity contribution in [3.8, 4) is 5.69 Å². The maximum Gasteiger partial charge on any atom is 0.124 e. The molecule has 2 aromatic carbocycles. The standard InChI is InChI=1S/C15H10Cl2N4/c16-11-1-5-13(6-2-11)18-9-14-10-21(20-19-14)15-7-3-12(17)4-8-15/h1-10H/b18-9+. The van der Waals surface area contributed by atoms with Crippen LogP contribution in [-0.4, -0.2) is 21.2 Å². The van der Waals surface area contributed by atoms with Gasteiger partial charge in [0.15, 0.2) is 0 Å². The van der Waals surface area contributed by atoms with Crippen LogP contribution in [0.5, 0.6) is 0 Å². The van der Waals surface area contributed by atoms with E-state index < -0.39 is 0 Å². The number of aliphatic imine (C=N–C) groups is 1. The molecule has 3 rings (SSSR count). The van der Waals surface area contributed by atoms with Crippen LogP contribution in [0.2, 0.25) is 10.0 Å². The van der Waals surface area contributed by atoms with Gasteiger partial charge in [-0.15, -0.1) is 5.10 Å². The number of hydrogen-bond acceptors (Lipinski definition) is 3. The lowest BCUT2D eigenvalue weighted by Gasteiger charge is -1.98. The Balaban J connectivity index is 1.78. The molecule has 1 aromatic heterocycles. The number of hydrogen-bond donors (Lipinski definition) is 0. The van der Waals surface area contributed by atoms with Gasteiger partial charge in [-0.2, -0.15) is 0 Å². The second kappa shape index (κ2) is 6.08. The summed E-state index contributed by atoms with van der Waals surface area (Å²) < 4.78 is 1.67. The zero-order chi connectivity index (χ0) is 14.7. The van der Waals surface area contributed by atoms with Crippen LogP contribution < -0.4 is 0 Å². The highest BCUT2D eigenvalue weighted by Crippen LogP contribution is 2.16. The molecule has 21 heavy (non-hydrogen) atoms. The van der Waals surface area contributed by atoms with Gasteiger partial charge in [-0.1, -0.05) is 28.4 Å². The van der Waals surface area contributed by atoms with Crippen molar-refractivity contribution in [2.75, 3.05) is 0 Å². The molecule has 0 aliphatic carbocycles. The second-order valence-corrected chi connectivity index (χ2v) is 5.17. The van der Waals surface area contributed by atoms with E-state index in [1.807, 2.05) is 24.3 Å². The number of aromatic nitrogens is 3. The summed E-state index contributed by atoms with van der Waals surface area (Å²) in [4.78, 5) is 4.32. The van der Waals surface area contributed by atoms with E-state index in [2.05, 4.69) is 15.3 Å². The Labute approximate surface area is 131 Å². The van der Waals surface area contributed by atoms with Gasteiger partial charge in [0.1, 0.15) is 5.69 Å². The lowest BCUT2D eigenvalue weighted by atomic mass is 10.3. The summed E-state index contributed by atoms with van der Waals surface area (Å²) >= 11 is 11.7. The largest absolute Gasteiger partial charge is 0.255 e. The molecule has 0 spiro atoms. The first-order valence-electron chi connectivity index (χ1n) is 6.19. The molecule has 1 heterocycles. The maximum atomic E-state index is 5.86. The van der Waals surface area contributed by atoms with E-state index in [0.717, 1.165) is 11.4 Å². The van der Waals surface area contributed by atoms with Crippen molar-refractivity contribution < 1.29 is 0 Å². The van der Waals surface area contributed by atoms with Gasteiger partial charge in [0.2, 0.25) is 0 Å². The molecule has 0 atom stereocenters. The summed E-state index contributed by atoms with van der Waals surface area (Å²) in [7, 11) is 0. The second-order valence-electron chi connectivity index (χ2n) is 4.30. The maximum absolute atomic E-state index is 5.86. The summed E-state index contributed by atoms with van der Waals surface area (Å²) in [5.74, 6) is 0. The lowest BCUT2D eigenvalue weighted by Crippen LogP contribution is -1.93. The van der Waals surface area contributed by atoms with Crippen molar-refractivity contribution in [2.24, 2.45) is 4.99 Å². The zero-order valence-electron chi connectivity index (χ0n) is 10.8. The van der Waals surface area contributed by atoms with Gasteiger partial charge < -0.3 is 0 Å². The van der Waals surface area contributed by atoms with Crippen molar-refractivity contribution in [1.82, 2.24) is 15.0 Å². The third-order valence-electron chi connectivity index (χ3n) is 2.77. The molecule has 0 N–H and O–H groups in total. The molecular formula is C15H10Cl2N4. The Morgan fingerprint density at radius 3 is 2.19 bits per heavy atom. The van der Waals surface area contributed by atoms with Crippen molar-refractivity contribution in [2.45, 2.75) is 0 Å². The first-order valence-corrected chi connectivity index (χ1v) is 6.94. The number of benzene rings is 2. The van der Waals surface area contributed by atoms with Crippen LogP contribution in [-0.2, 0) is 0 Å². The van der Waals surface area contributed by atoms with Crippen molar-refractivity contribution >= 4 is 35.1 Å². The molecule has 6 heteroatoms. The fraction of sp³-hybridized carbons (Fsp3) is 0. The van der Waals surface area contributed by atoms with Gasteiger partial charge in [-0.25, -0.2) is 4.68 Å². The summed E-state index contributed by atoms with van der Waals surface area (Å²) in [6.45, 7) is 0. The number of rotatable bonds is 3. The Bertz CT molecular complexity index is 761. The normalized spacial score (nSPS) is 11.1. The van der Waals surface area contributed by atoms with E-state index in [1.54, 1.807) is 41.4 Å². The minimum absolute atomic E-state index is 0.667. The minimum Gasteiger partial charge on any atom is -0.255 e. The summed E-state index contributed by atoms with van der Waals surface area (Å²) in [6.07, 6.45) is 3.45. The average Bonchev–Trinajstić information content (AvgIpc) is 2.96. The molecule has 4 nitrogen and oxygen atoms in total. The Hall–Kier alpha value is -2.17. The molecule has 0 bridgehead atoms. The highest BCUT2D eigenvalue weighted by atomic mass is 35.5. The van der Waals surface area contributed by atoms with Crippen molar-refractivity contribution in [3.05, 3.63) is 70.5 Å². The summed E-state index contributed by atoms with van der Waals surface area (Å²) in [5, 5.41) is 9.47. The van der Waals surface area contributed by atoms with Crippen LogP contribution in [0.1, 0.15) is 5.69 Å². The van der Waals surface area contributed by atoms with E-state index in [9.17, 15) is 0 Å². The Morgan fingerprint density at radius 2 is 1.52 bits per heavy atom. The topological polar surface area (TPSA) is 43.1 Å². The average molecular weight is 317 g/mol. The molecule has 0 saturated carbocycles. The molecule has 104 valence electrons. The number of nitrogens with zero attached hydrogens (tertiary/aromatic N) is 4. The fourth-order valence-electron chi connectivity index (χ4n) is 1.72. The van der Waals surface area contributed by atoms with Gasteiger partial charge in [0, 0.05) is 10.0 Å². The predicted molar refractivity (Wildman–Crippen MR) is 85.1 cm³/mol. The molecule has 0 amide bonds. The molecular weight excluding hydrogens is 307 g/mol. The van der Waals surface area contributed by atoms with Crippen LogP contribution in [0.4, 0.5) is 5.69 Å². The van der Waals surface area contributed by atoms with Crippen LogP contribution in [0.25, 0.3) is 5.69 Å². The molecule has 0 aliphatic rings. The fourth-order valence-corrected chi connectivity index (χ4v) is 1.98. The van der Waals surface area contributed by atoms with Crippen molar-refractivity contribution in [1.29, 1.82) is 0 Å². The highest BCUT2D eigenvalue weighted by Gasteiger charge is 2.01. The van der Waals surface area contributed by atoms with Crippen LogP contribution in [0.3, 0.4) is 0 Å². The predicted octanol–water partition coefficient (Wildman–Crippen LogP) is 4.32. The van der Waals surface area contributed by atoms with E-state index in [-0.39, 0.29) is 0 Å². The highest BCUT2D eigenvalue weighted by molar-refractivity contribution is 6.30. The van der Waals surface area contributed by atoms with E-state index in [0.29, 0.717) is 15.7 Å². The molecule has 0 fully saturated rings. The first-order chi connectivity index (χ1) is 10.2. The van der Waals surface area contributed by atoms with Gasteiger partial charge in [-0.05, 0) is 48.5 Å². The first kappa shape index (κ1) is 13.8. The molecule has 0 radical (unpaired) electrons. The van der Waals surface area contributed by atoms with Gasteiger partial charge in [0.25, 0.3) is 0 Å². The van der Waals surface area contributed by atoms with Crippen LogP contribution in [0.15, 0.2) is 59.7 Å². The molecule has 0 unspecified atom stereocenters. The SMILES string of the molecule is Clc1ccc(/N=C/c2cn(-c3ccc(Cl)cc3)nn2)cc1. The lowest BCUT2D eigenvalue weighted by molar-refractivity contribution is 0.803. The van der Waals surface area contributed by atoms with E-state index in [1.165, 1.54) is 0 Å². The number of halogens is 2. The molecule has 3 aromatic rings. The van der Waals surface area contributed by atoms with Crippen LogP contribution in [0, 0.1) is 0 Å². The molecule has 0 aliphatic heterocycles. The quantitative estimate of drug-likeness (QED) is 0.675. The smallest absolute Gasteiger partial charge is 0.124 e. The third-order valence-corrected chi connectivity index (χ3v) is 3.28. The third kappa shape index (κ3) is 3.48. The summed E-state index contributed by atoms with van der Waals surface area (Å²) in [5.41, 5.74) is 2.36. The van der Waals surface area contributed by atoms with Crippen LogP contribution >= 0.6 is 23.2 Å².